The van der Waals surface area contributed by atoms with E-state index in [1.807, 2.05) is 12.4 Å². The molecule has 0 bridgehead atoms. The lowest BCUT2D eigenvalue weighted by Crippen LogP contribution is -2.05. The molecule has 0 saturated heterocycles. The highest BCUT2D eigenvalue weighted by Gasteiger charge is 2.25. The van der Waals surface area contributed by atoms with Crippen LogP contribution in [0.1, 0.15) is 5.56 Å². The summed E-state index contributed by atoms with van der Waals surface area (Å²) < 4.78 is 7.06. The van der Waals surface area contributed by atoms with Gasteiger partial charge in [-0.05, 0) is 123 Å². The second-order valence-corrected chi connectivity index (χ2v) is 19.8. The van der Waals surface area contributed by atoms with Gasteiger partial charge in [-0.15, -0.1) is 0 Å². The maximum atomic E-state index is 11.7. The maximum Gasteiger partial charge on any atom is 0.101 e. The molecule has 5 nitrogen and oxygen atoms in total. The topological polar surface area (TPSA) is 51.5 Å². The number of hydrogen-bond donors (Lipinski definition) is 0. The Morgan fingerprint density at radius 3 is 1.14 bits per heavy atom. The highest BCUT2D eigenvalue weighted by atomic mass is 15.0. The highest BCUT2D eigenvalue weighted by Crippen LogP contribution is 2.46. The summed E-state index contributed by atoms with van der Waals surface area (Å²) in [6.45, 7) is 0. The zero-order valence-corrected chi connectivity index (χ0v) is 41.7. The molecule has 5 heteroatoms. The second-order valence-electron chi connectivity index (χ2n) is 19.8. The van der Waals surface area contributed by atoms with E-state index in [0.29, 0.717) is 5.56 Å². The minimum Gasteiger partial charge on any atom is -0.309 e. The molecule has 0 amide bonds. The lowest BCUT2D eigenvalue weighted by Gasteiger charge is -2.21. The lowest BCUT2D eigenvalue weighted by molar-refractivity contribution is 1.13. The fraction of sp³-hybridized carbons (Fsp3) is 0. The molecule has 358 valence electrons. The Balaban J connectivity index is 1.06. The van der Waals surface area contributed by atoms with Crippen LogP contribution in [0.3, 0.4) is 0 Å². The Hall–Kier alpha value is -10.5. The van der Waals surface area contributed by atoms with Crippen molar-refractivity contribution < 1.29 is 0 Å². The Kier molecular flexibility index (Phi) is 10.2. The molecule has 0 aliphatic rings. The first-order valence-electron chi connectivity index (χ1n) is 26.1. The first-order chi connectivity index (χ1) is 38.2. The summed E-state index contributed by atoms with van der Waals surface area (Å²) in [4.78, 5) is 4.70. The highest BCUT2D eigenvalue weighted by molar-refractivity contribution is 6.15. The Bertz CT molecular complexity index is 4600. The molecule has 0 N–H and O–H groups in total. The van der Waals surface area contributed by atoms with E-state index in [1.54, 1.807) is 0 Å². The van der Waals surface area contributed by atoms with Gasteiger partial charge >= 0.3 is 0 Å². The number of rotatable bonds is 8. The molecule has 15 aromatic rings. The number of nitriles is 1. The minimum atomic E-state index is 0.553. The molecule has 4 aromatic heterocycles. The van der Waals surface area contributed by atoms with E-state index in [9.17, 15) is 5.26 Å². The van der Waals surface area contributed by atoms with Crippen LogP contribution in [0.2, 0.25) is 0 Å². The van der Waals surface area contributed by atoms with Crippen molar-refractivity contribution in [1.82, 2.24) is 18.7 Å². The number of para-hydroxylation sites is 2. The number of nitrogens with zero attached hydrogens (tertiary/aromatic N) is 5. The van der Waals surface area contributed by atoms with Crippen LogP contribution in [-0.2, 0) is 0 Å². The SMILES string of the molecule is N#Cc1cc(-n2c3ccc(-c4ccccc4)cc3c3cc(-c4ccccc4)ccc32)c(-c2ccccc2-n2c3ccccc3c3ccncc32)cc1-n1c2ccc(-c3ccccc3)cc2c2cc(-c3ccccc3)ccc21. The van der Waals surface area contributed by atoms with Crippen molar-refractivity contribution >= 4 is 65.4 Å². The van der Waals surface area contributed by atoms with Crippen LogP contribution in [0, 0.1) is 11.3 Å². The van der Waals surface area contributed by atoms with Gasteiger partial charge in [-0.3, -0.25) is 4.98 Å². The average Bonchev–Trinajstić information content (AvgIpc) is 4.23. The summed E-state index contributed by atoms with van der Waals surface area (Å²) in [6, 6.07) is 96.1. The Morgan fingerprint density at radius 2 is 0.662 bits per heavy atom. The zero-order valence-electron chi connectivity index (χ0n) is 41.7. The average molecular weight is 980 g/mol. The molecular weight excluding hydrogens is 935 g/mol. The van der Waals surface area contributed by atoms with E-state index in [-0.39, 0.29) is 0 Å². The molecule has 0 fully saturated rings. The number of fused-ring (bicyclic) bond motifs is 9. The normalized spacial score (nSPS) is 11.6. The summed E-state index contributed by atoms with van der Waals surface area (Å²) in [7, 11) is 0. The fourth-order valence-electron chi connectivity index (χ4n) is 12.0. The molecule has 0 unspecified atom stereocenters. The van der Waals surface area contributed by atoms with Crippen LogP contribution < -0.4 is 0 Å². The van der Waals surface area contributed by atoms with Gasteiger partial charge in [0.25, 0.3) is 0 Å². The summed E-state index contributed by atoms with van der Waals surface area (Å²) in [6.07, 6.45) is 3.85. The second kappa shape index (κ2) is 17.8. The van der Waals surface area contributed by atoms with Crippen LogP contribution in [-0.4, -0.2) is 18.7 Å². The summed E-state index contributed by atoms with van der Waals surface area (Å²) in [5.74, 6) is 0. The number of benzene rings is 11. The van der Waals surface area contributed by atoms with E-state index < -0.39 is 0 Å². The summed E-state index contributed by atoms with van der Waals surface area (Å²) >= 11 is 0. The zero-order chi connectivity index (χ0) is 51.0. The molecule has 11 aromatic carbocycles. The van der Waals surface area contributed by atoms with E-state index in [1.165, 1.54) is 0 Å². The van der Waals surface area contributed by atoms with Gasteiger partial charge in [0, 0.05) is 49.6 Å². The van der Waals surface area contributed by atoms with Gasteiger partial charge in [0.15, 0.2) is 0 Å². The third-order valence-electron chi connectivity index (χ3n) is 15.6. The molecule has 0 spiro atoms. The molecule has 0 aliphatic heterocycles. The van der Waals surface area contributed by atoms with Crippen molar-refractivity contribution in [2.24, 2.45) is 0 Å². The van der Waals surface area contributed by atoms with Gasteiger partial charge < -0.3 is 13.7 Å². The van der Waals surface area contributed by atoms with Crippen molar-refractivity contribution in [2.75, 3.05) is 0 Å². The van der Waals surface area contributed by atoms with E-state index in [0.717, 1.165) is 138 Å². The Morgan fingerprint density at radius 1 is 0.273 bits per heavy atom. The van der Waals surface area contributed by atoms with Gasteiger partial charge in [-0.1, -0.05) is 182 Å². The van der Waals surface area contributed by atoms with Gasteiger partial charge in [0.2, 0.25) is 0 Å². The standard InChI is InChI=1S/C72H45N5/c73-45-55-43-71(76-68-35-31-53(49-21-9-3-10-22-49)41-61(68)62-42-54(32-36-69(62)76)50-23-11-4-12-24-50)63(57-26-14-16-28-65(57)77-64-27-15-13-25-56(64)58-37-38-74-46-72(58)77)44-70(55)75-66-33-29-51(47-17-5-1-6-18-47)39-59(66)60-40-52(30-34-67(60)75)48-19-7-2-8-20-48/h1-44,46H. The summed E-state index contributed by atoms with van der Waals surface area (Å²) in [5, 5.41) is 18.5. The van der Waals surface area contributed by atoms with Gasteiger partial charge in [-0.25, -0.2) is 0 Å². The molecule has 0 aliphatic carbocycles. The van der Waals surface area contributed by atoms with Crippen LogP contribution in [0.5, 0.6) is 0 Å². The number of pyridine rings is 1. The third-order valence-corrected chi connectivity index (χ3v) is 15.6. The van der Waals surface area contributed by atoms with Crippen LogP contribution >= 0.6 is 0 Å². The predicted molar refractivity (Wildman–Crippen MR) is 319 cm³/mol. The predicted octanol–water partition coefficient (Wildman–Crippen LogP) is 18.6. The minimum absolute atomic E-state index is 0.553. The third kappa shape index (κ3) is 7.12. The lowest BCUT2D eigenvalue weighted by atomic mass is 9.97. The van der Waals surface area contributed by atoms with Crippen molar-refractivity contribution in [3.05, 3.63) is 279 Å². The smallest absolute Gasteiger partial charge is 0.101 e. The monoisotopic (exact) mass is 979 g/mol. The van der Waals surface area contributed by atoms with Gasteiger partial charge in [-0.2, -0.15) is 5.26 Å². The molecular formula is C72H45N5. The Labute approximate surface area is 444 Å². The maximum absolute atomic E-state index is 11.7. The molecule has 0 saturated carbocycles. The van der Waals surface area contributed by atoms with Gasteiger partial charge in [0.05, 0.1) is 61.9 Å². The summed E-state index contributed by atoms with van der Waals surface area (Å²) in [5.41, 5.74) is 20.6. The molecule has 15 rings (SSSR count). The van der Waals surface area contributed by atoms with E-state index in [4.69, 9.17) is 4.98 Å². The first kappa shape index (κ1) is 44.0. The largest absolute Gasteiger partial charge is 0.309 e. The quantitative estimate of drug-likeness (QED) is 0.152. The van der Waals surface area contributed by atoms with Gasteiger partial charge in [0.1, 0.15) is 6.07 Å². The van der Waals surface area contributed by atoms with Crippen LogP contribution in [0.4, 0.5) is 0 Å². The number of aromatic nitrogens is 4. The molecule has 4 heterocycles. The van der Waals surface area contributed by atoms with Crippen LogP contribution in [0.25, 0.3) is 138 Å². The van der Waals surface area contributed by atoms with E-state index >= 15 is 0 Å². The van der Waals surface area contributed by atoms with Crippen molar-refractivity contribution in [3.8, 4) is 78.8 Å². The van der Waals surface area contributed by atoms with Crippen molar-refractivity contribution in [1.29, 1.82) is 5.26 Å². The van der Waals surface area contributed by atoms with E-state index in [2.05, 4.69) is 281 Å². The first-order valence-corrected chi connectivity index (χ1v) is 26.1. The molecule has 77 heavy (non-hydrogen) atoms. The molecule has 0 atom stereocenters. The fourth-order valence-corrected chi connectivity index (χ4v) is 12.0. The van der Waals surface area contributed by atoms with Crippen molar-refractivity contribution in [3.63, 3.8) is 0 Å². The molecule has 0 radical (unpaired) electrons. The number of hydrogen-bond acceptors (Lipinski definition) is 2. The van der Waals surface area contributed by atoms with Crippen molar-refractivity contribution in [2.45, 2.75) is 0 Å². The van der Waals surface area contributed by atoms with Crippen LogP contribution in [0.15, 0.2) is 273 Å².